The monoisotopic (exact) mass is 335 g/mol. The first kappa shape index (κ1) is 15.1. The molecule has 2 aromatic rings. The van der Waals surface area contributed by atoms with Gasteiger partial charge in [-0.3, -0.25) is 9.59 Å². The Labute approximate surface area is 136 Å². The van der Waals surface area contributed by atoms with Gasteiger partial charge in [0.05, 0.1) is 28.6 Å². The van der Waals surface area contributed by atoms with Crippen LogP contribution in [0.25, 0.3) is 0 Å². The number of methoxy groups -OCH3 is 1. The van der Waals surface area contributed by atoms with Gasteiger partial charge < -0.3 is 10.5 Å². The molecule has 22 heavy (non-hydrogen) atoms. The van der Waals surface area contributed by atoms with Crippen LogP contribution in [0.2, 0.25) is 5.02 Å². The van der Waals surface area contributed by atoms with Gasteiger partial charge in [-0.2, -0.15) is 0 Å². The van der Waals surface area contributed by atoms with Crippen molar-refractivity contribution < 1.29 is 14.3 Å². The van der Waals surface area contributed by atoms with Gasteiger partial charge in [-0.15, -0.1) is 11.3 Å². The molecular weight excluding hydrogens is 322 g/mol. The minimum Gasteiger partial charge on any atom is -0.469 e. The zero-order valence-corrected chi connectivity index (χ0v) is 13.5. The fourth-order valence-electron chi connectivity index (χ4n) is 2.82. The van der Waals surface area contributed by atoms with Crippen LogP contribution in [-0.2, 0) is 22.4 Å². The van der Waals surface area contributed by atoms with Crippen LogP contribution in [0.4, 0.5) is 5.00 Å². The Bertz CT molecular complexity index is 769. The second-order valence-corrected chi connectivity index (χ2v) is 6.72. The molecule has 3 rings (SSSR count). The predicted molar refractivity (Wildman–Crippen MR) is 86.5 cm³/mol. The summed E-state index contributed by atoms with van der Waals surface area (Å²) in [6.07, 6.45) is 1.06. The number of carbonyl (C=O) groups excluding carboxylic acids is 2. The average Bonchev–Trinajstić information content (AvgIpc) is 3.02. The predicted octanol–water partition coefficient (Wildman–Crippen LogP) is 3.10. The smallest absolute Gasteiger partial charge is 0.309 e. The molecule has 1 atom stereocenters. The molecule has 1 aromatic carbocycles. The van der Waals surface area contributed by atoms with Crippen LogP contribution in [-0.4, -0.2) is 18.9 Å². The lowest BCUT2D eigenvalue weighted by Crippen LogP contribution is -2.17. The van der Waals surface area contributed by atoms with Crippen LogP contribution in [0.5, 0.6) is 0 Å². The topological polar surface area (TPSA) is 69.4 Å². The van der Waals surface area contributed by atoms with Crippen molar-refractivity contribution in [2.24, 2.45) is 5.92 Å². The van der Waals surface area contributed by atoms with E-state index in [0.717, 1.165) is 10.4 Å². The molecule has 0 saturated carbocycles. The van der Waals surface area contributed by atoms with Crippen LogP contribution in [0.3, 0.4) is 0 Å². The number of fused-ring (bicyclic) bond motifs is 1. The van der Waals surface area contributed by atoms with Crippen molar-refractivity contribution in [3.05, 3.63) is 50.9 Å². The van der Waals surface area contributed by atoms with Crippen LogP contribution in [0.1, 0.15) is 26.4 Å². The molecule has 1 heterocycles. The van der Waals surface area contributed by atoms with Crippen LogP contribution in [0, 0.1) is 5.92 Å². The number of esters is 1. The lowest BCUT2D eigenvalue weighted by molar-refractivity contribution is -0.145. The number of benzene rings is 1. The molecule has 0 spiro atoms. The first-order chi connectivity index (χ1) is 10.5. The number of nitrogens with two attached hydrogens (primary N) is 1. The van der Waals surface area contributed by atoms with E-state index < -0.39 is 0 Å². The second kappa shape index (κ2) is 5.74. The zero-order valence-electron chi connectivity index (χ0n) is 11.9. The fraction of sp³-hybridized carbons (Fsp3) is 0.250. The molecule has 0 bridgehead atoms. The maximum absolute atomic E-state index is 12.8. The lowest BCUT2D eigenvalue weighted by Gasteiger charge is -2.08. The summed E-state index contributed by atoms with van der Waals surface area (Å²) in [5, 5.41) is 0.882. The van der Waals surface area contributed by atoms with Gasteiger partial charge in [-0.05, 0) is 30.5 Å². The van der Waals surface area contributed by atoms with E-state index in [-0.39, 0.29) is 17.7 Å². The van der Waals surface area contributed by atoms with E-state index >= 15 is 0 Å². The number of halogens is 1. The average molecular weight is 336 g/mol. The maximum atomic E-state index is 12.8. The van der Waals surface area contributed by atoms with Gasteiger partial charge >= 0.3 is 5.97 Å². The standard InChI is InChI=1S/C16H14ClNO3S/c1-21-16(20)8-6-10-12(7-8)22-15(18)13(10)14(19)9-4-2-3-5-11(9)17/h2-5,8H,6-7,18H2,1H3/t8-/m1/s1. The molecule has 114 valence electrons. The third-order valence-electron chi connectivity index (χ3n) is 3.88. The van der Waals surface area contributed by atoms with Gasteiger partial charge in [0.1, 0.15) is 0 Å². The van der Waals surface area contributed by atoms with Crippen molar-refractivity contribution in [2.75, 3.05) is 12.8 Å². The number of thiophene rings is 1. The normalized spacial score (nSPS) is 16.4. The van der Waals surface area contributed by atoms with Crippen molar-refractivity contribution in [1.82, 2.24) is 0 Å². The minimum atomic E-state index is -0.252. The van der Waals surface area contributed by atoms with Gasteiger partial charge in [0.25, 0.3) is 0 Å². The Hall–Kier alpha value is -1.85. The number of ether oxygens (including phenoxy) is 1. The molecular formula is C16H14ClNO3S. The Morgan fingerprint density at radius 2 is 2.05 bits per heavy atom. The molecule has 2 N–H and O–H groups in total. The molecule has 0 saturated heterocycles. The maximum Gasteiger partial charge on any atom is 0.309 e. The summed E-state index contributed by atoms with van der Waals surface area (Å²) in [4.78, 5) is 25.5. The summed E-state index contributed by atoms with van der Waals surface area (Å²) in [7, 11) is 1.37. The van der Waals surface area contributed by atoms with E-state index in [1.807, 2.05) is 0 Å². The SMILES string of the molecule is COC(=O)[C@H]1Cc2sc(N)c(C(=O)c3ccccc3Cl)c2C1. The fourth-order valence-corrected chi connectivity index (χ4v) is 4.22. The lowest BCUT2D eigenvalue weighted by atomic mass is 9.99. The van der Waals surface area contributed by atoms with Crippen LogP contribution >= 0.6 is 22.9 Å². The Morgan fingerprint density at radius 3 is 2.73 bits per heavy atom. The van der Waals surface area contributed by atoms with Gasteiger partial charge in [0.15, 0.2) is 5.78 Å². The largest absolute Gasteiger partial charge is 0.469 e. The highest BCUT2D eigenvalue weighted by Crippen LogP contribution is 2.41. The summed E-state index contributed by atoms with van der Waals surface area (Å²) in [6.45, 7) is 0. The first-order valence-corrected chi connectivity index (χ1v) is 7.99. The number of hydrogen-bond acceptors (Lipinski definition) is 5. The molecule has 6 heteroatoms. The first-order valence-electron chi connectivity index (χ1n) is 6.80. The molecule has 0 aliphatic heterocycles. The zero-order chi connectivity index (χ0) is 15.9. The molecule has 0 amide bonds. The summed E-state index contributed by atoms with van der Waals surface area (Å²) in [5.74, 6) is -0.672. The Balaban J connectivity index is 1.99. The van der Waals surface area contributed by atoms with E-state index in [2.05, 4.69) is 0 Å². The van der Waals surface area contributed by atoms with E-state index in [1.54, 1.807) is 24.3 Å². The van der Waals surface area contributed by atoms with Crippen LogP contribution < -0.4 is 5.73 Å². The third-order valence-corrected chi connectivity index (χ3v) is 5.29. The molecule has 0 radical (unpaired) electrons. The van der Waals surface area contributed by atoms with Gasteiger partial charge in [0.2, 0.25) is 0 Å². The van der Waals surface area contributed by atoms with Crippen molar-refractivity contribution >= 4 is 39.7 Å². The number of carbonyl (C=O) groups is 2. The van der Waals surface area contributed by atoms with Crippen LogP contribution in [0.15, 0.2) is 24.3 Å². The van der Waals surface area contributed by atoms with E-state index in [4.69, 9.17) is 22.1 Å². The van der Waals surface area contributed by atoms with Crippen molar-refractivity contribution in [3.63, 3.8) is 0 Å². The minimum absolute atomic E-state index is 0.189. The van der Waals surface area contributed by atoms with Crippen molar-refractivity contribution in [1.29, 1.82) is 0 Å². The molecule has 0 fully saturated rings. The number of nitrogen functional groups attached to an aromatic ring is 1. The summed E-state index contributed by atoms with van der Waals surface area (Å²) in [5.41, 5.74) is 7.81. The van der Waals surface area contributed by atoms with Gasteiger partial charge in [-0.1, -0.05) is 23.7 Å². The van der Waals surface area contributed by atoms with E-state index in [0.29, 0.717) is 34.0 Å². The highest BCUT2D eigenvalue weighted by Gasteiger charge is 2.35. The molecule has 4 nitrogen and oxygen atoms in total. The Kier molecular flexibility index (Phi) is 3.93. The van der Waals surface area contributed by atoms with Crippen molar-refractivity contribution in [2.45, 2.75) is 12.8 Å². The number of ketones is 1. The number of anilines is 1. The van der Waals surface area contributed by atoms with E-state index in [1.165, 1.54) is 18.4 Å². The van der Waals surface area contributed by atoms with Crippen molar-refractivity contribution in [3.8, 4) is 0 Å². The number of hydrogen-bond donors (Lipinski definition) is 1. The molecule has 0 unspecified atom stereocenters. The summed E-state index contributed by atoms with van der Waals surface area (Å²) >= 11 is 7.48. The second-order valence-electron chi connectivity index (χ2n) is 5.18. The molecule has 1 aliphatic rings. The number of rotatable bonds is 3. The molecule has 1 aliphatic carbocycles. The van der Waals surface area contributed by atoms with Gasteiger partial charge in [-0.25, -0.2) is 0 Å². The highest BCUT2D eigenvalue weighted by molar-refractivity contribution is 7.16. The summed E-state index contributed by atoms with van der Waals surface area (Å²) in [6, 6.07) is 6.89. The molecule has 1 aromatic heterocycles. The van der Waals surface area contributed by atoms with E-state index in [9.17, 15) is 9.59 Å². The Morgan fingerprint density at radius 1 is 1.32 bits per heavy atom. The van der Waals surface area contributed by atoms with Gasteiger partial charge in [0, 0.05) is 10.4 Å². The third kappa shape index (κ3) is 2.40. The summed E-state index contributed by atoms with van der Waals surface area (Å²) < 4.78 is 4.80. The highest BCUT2D eigenvalue weighted by atomic mass is 35.5. The quantitative estimate of drug-likeness (QED) is 0.691.